The van der Waals surface area contributed by atoms with Crippen molar-refractivity contribution in [3.63, 3.8) is 0 Å². The molecule has 0 saturated carbocycles. The number of ether oxygens (including phenoxy) is 5. The molecule has 0 amide bonds. The van der Waals surface area contributed by atoms with Crippen LogP contribution in [0.5, 0.6) is 0 Å². The normalized spacial score (nSPS) is 29.3. The van der Waals surface area contributed by atoms with E-state index in [-0.39, 0.29) is 6.61 Å². The lowest BCUT2D eigenvalue weighted by Gasteiger charge is -2.43. The van der Waals surface area contributed by atoms with Gasteiger partial charge in [-0.3, -0.25) is 14.4 Å². The Labute approximate surface area is 145 Å². The summed E-state index contributed by atoms with van der Waals surface area (Å²) in [5.74, 6) is -1.36. The molecular weight excluding hydrogens is 340 g/mol. The molecule has 0 bridgehead atoms. The minimum absolute atomic E-state index is 0.173. The summed E-state index contributed by atoms with van der Waals surface area (Å²) in [6, 6.07) is 0. The van der Waals surface area contributed by atoms with Gasteiger partial charge in [0.05, 0.1) is 5.76 Å². The fraction of sp³-hybridized carbons (Fsp3) is 0.667. The molecule has 0 aromatic rings. The van der Waals surface area contributed by atoms with E-state index in [1.54, 1.807) is 6.92 Å². The molecule has 0 unspecified atom stereocenters. The molecule has 1 rings (SSSR count). The molecule has 8 nitrogen and oxygen atoms in total. The highest BCUT2D eigenvalue weighted by Crippen LogP contribution is 2.31. The highest BCUT2D eigenvalue weighted by Gasteiger charge is 2.50. The maximum atomic E-state index is 11.4. The van der Waals surface area contributed by atoms with E-state index in [4.69, 9.17) is 23.7 Å². The van der Waals surface area contributed by atoms with E-state index >= 15 is 0 Å². The summed E-state index contributed by atoms with van der Waals surface area (Å²) in [5, 5.41) is 0. The molecule has 1 aliphatic rings. The van der Waals surface area contributed by atoms with Gasteiger partial charge in [0.25, 0.3) is 0 Å². The number of esters is 3. The second-order valence-electron chi connectivity index (χ2n) is 5.30. The average molecular weight is 362 g/mol. The summed E-state index contributed by atoms with van der Waals surface area (Å²) >= 11 is 4.26. The van der Waals surface area contributed by atoms with Crippen molar-refractivity contribution in [3.8, 4) is 0 Å². The molecule has 1 aliphatic heterocycles. The number of carbonyl (C=O) groups is 3. The van der Waals surface area contributed by atoms with E-state index in [0.717, 1.165) is 0 Å². The second kappa shape index (κ2) is 8.93. The van der Waals surface area contributed by atoms with Crippen LogP contribution >= 0.6 is 12.6 Å². The van der Waals surface area contributed by atoms with Gasteiger partial charge in [0.1, 0.15) is 18.1 Å². The Morgan fingerprint density at radius 3 is 1.92 bits per heavy atom. The molecule has 0 aliphatic carbocycles. The van der Waals surface area contributed by atoms with Crippen LogP contribution in [-0.4, -0.2) is 54.4 Å². The van der Waals surface area contributed by atoms with Crippen molar-refractivity contribution < 1.29 is 38.1 Å². The van der Waals surface area contributed by atoms with E-state index in [1.807, 2.05) is 0 Å². The van der Waals surface area contributed by atoms with Gasteiger partial charge in [-0.1, -0.05) is 6.58 Å². The molecule has 0 N–H and O–H groups in total. The summed E-state index contributed by atoms with van der Waals surface area (Å²) < 4.78 is 26.6. The van der Waals surface area contributed by atoms with Gasteiger partial charge in [-0.25, -0.2) is 0 Å². The van der Waals surface area contributed by atoms with Crippen LogP contribution in [0.15, 0.2) is 12.3 Å². The fourth-order valence-electron chi connectivity index (χ4n) is 2.25. The third kappa shape index (κ3) is 6.04. The number of rotatable bonds is 6. The topological polar surface area (TPSA) is 97.4 Å². The molecule has 1 heterocycles. The van der Waals surface area contributed by atoms with E-state index in [1.165, 1.54) is 20.8 Å². The van der Waals surface area contributed by atoms with Crippen molar-refractivity contribution in [3.05, 3.63) is 12.3 Å². The largest absolute Gasteiger partial charge is 0.488 e. The monoisotopic (exact) mass is 362 g/mol. The Bertz CT molecular complexity index is 506. The lowest BCUT2D eigenvalue weighted by atomic mass is 9.99. The molecule has 24 heavy (non-hydrogen) atoms. The lowest BCUT2D eigenvalue weighted by Crippen LogP contribution is -2.60. The van der Waals surface area contributed by atoms with Gasteiger partial charge >= 0.3 is 17.9 Å². The van der Waals surface area contributed by atoms with Gasteiger partial charge in [0, 0.05) is 20.8 Å². The van der Waals surface area contributed by atoms with Crippen LogP contribution in [0.4, 0.5) is 0 Å². The van der Waals surface area contributed by atoms with Crippen LogP contribution in [0.2, 0.25) is 0 Å². The van der Waals surface area contributed by atoms with Crippen molar-refractivity contribution in [1.29, 1.82) is 0 Å². The van der Waals surface area contributed by atoms with Crippen LogP contribution in [0.1, 0.15) is 27.7 Å². The Morgan fingerprint density at radius 2 is 1.46 bits per heavy atom. The van der Waals surface area contributed by atoms with Gasteiger partial charge in [0.2, 0.25) is 0 Å². The Hall–Kier alpha value is -1.74. The van der Waals surface area contributed by atoms with Crippen molar-refractivity contribution in [2.24, 2.45) is 0 Å². The SMILES string of the molecule is C=C(C)O[C@@H]1[C@@H](OC(C)=O)[C@H](S)O[C@H](COC(C)=O)[C@H]1OC(C)=O. The predicted molar refractivity (Wildman–Crippen MR) is 85.1 cm³/mol. The van der Waals surface area contributed by atoms with Crippen molar-refractivity contribution in [1.82, 2.24) is 0 Å². The second-order valence-corrected chi connectivity index (χ2v) is 5.81. The van der Waals surface area contributed by atoms with Gasteiger partial charge in [-0.2, -0.15) is 0 Å². The molecule has 1 fully saturated rings. The van der Waals surface area contributed by atoms with Crippen molar-refractivity contribution >= 4 is 30.5 Å². The minimum atomic E-state index is -0.980. The summed E-state index contributed by atoms with van der Waals surface area (Å²) in [6.45, 7) is 8.75. The lowest BCUT2D eigenvalue weighted by molar-refractivity contribution is -0.232. The first kappa shape index (κ1) is 20.3. The third-order valence-electron chi connectivity index (χ3n) is 3.00. The first-order chi connectivity index (χ1) is 11.1. The fourth-order valence-corrected chi connectivity index (χ4v) is 2.63. The zero-order valence-electron chi connectivity index (χ0n) is 14.0. The summed E-state index contributed by atoms with van der Waals surface area (Å²) in [6.07, 6.45) is -3.67. The van der Waals surface area contributed by atoms with E-state index < -0.39 is 47.8 Å². The number of allylic oxidation sites excluding steroid dienone is 1. The summed E-state index contributed by atoms with van der Waals surface area (Å²) in [5.41, 5.74) is -0.870. The Morgan fingerprint density at radius 1 is 0.917 bits per heavy atom. The van der Waals surface area contributed by atoms with E-state index in [2.05, 4.69) is 19.2 Å². The number of carbonyl (C=O) groups excluding carboxylic acids is 3. The van der Waals surface area contributed by atoms with Crippen molar-refractivity contribution in [2.75, 3.05) is 6.61 Å². The molecule has 0 spiro atoms. The Balaban J connectivity index is 3.11. The molecule has 0 aromatic carbocycles. The van der Waals surface area contributed by atoms with Crippen LogP contribution in [0, 0.1) is 0 Å². The molecule has 5 atom stereocenters. The zero-order valence-corrected chi connectivity index (χ0v) is 14.9. The van der Waals surface area contributed by atoms with Gasteiger partial charge in [-0.05, 0) is 6.92 Å². The van der Waals surface area contributed by atoms with Gasteiger partial charge in [0.15, 0.2) is 18.3 Å². The third-order valence-corrected chi connectivity index (χ3v) is 3.42. The molecule has 1 saturated heterocycles. The number of hydrogen-bond donors (Lipinski definition) is 1. The molecular formula is C15H22O8S. The first-order valence-electron chi connectivity index (χ1n) is 7.25. The molecule has 0 radical (unpaired) electrons. The molecule has 136 valence electrons. The Kier molecular flexibility index (Phi) is 7.56. The smallest absolute Gasteiger partial charge is 0.303 e. The van der Waals surface area contributed by atoms with Crippen LogP contribution in [0.25, 0.3) is 0 Å². The number of thiol groups is 1. The highest BCUT2D eigenvalue weighted by atomic mass is 32.1. The van der Waals surface area contributed by atoms with Gasteiger partial charge < -0.3 is 23.7 Å². The van der Waals surface area contributed by atoms with Gasteiger partial charge in [-0.15, -0.1) is 12.6 Å². The predicted octanol–water partition coefficient (Wildman–Crippen LogP) is 0.986. The van der Waals surface area contributed by atoms with Crippen LogP contribution < -0.4 is 0 Å². The summed E-state index contributed by atoms with van der Waals surface area (Å²) in [7, 11) is 0. The number of hydrogen-bond acceptors (Lipinski definition) is 9. The zero-order chi connectivity index (χ0) is 18.4. The van der Waals surface area contributed by atoms with E-state index in [9.17, 15) is 14.4 Å². The van der Waals surface area contributed by atoms with Crippen molar-refractivity contribution in [2.45, 2.75) is 57.5 Å². The maximum absolute atomic E-state index is 11.4. The average Bonchev–Trinajstić information content (AvgIpc) is 2.42. The van der Waals surface area contributed by atoms with Crippen LogP contribution in [-0.2, 0) is 38.1 Å². The highest BCUT2D eigenvalue weighted by molar-refractivity contribution is 7.80. The standard InChI is InChI=1S/C15H22O8S/c1-7(2)20-13-12(21-9(4)17)11(6-19-8(3)16)23-15(24)14(13)22-10(5)18/h11-15,24H,1,6H2,2-5H3/t11-,12-,13+,14-,15+/m1/s1. The molecule has 0 aromatic heterocycles. The molecule has 9 heteroatoms. The summed E-state index contributed by atoms with van der Waals surface area (Å²) in [4.78, 5) is 33.8. The maximum Gasteiger partial charge on any atom is 0.303 e. The van der Waals surface area contributed by atoms with E-state index in [0.29, 0.717) is 5.76 Å². The quantitative estimate of drug-likeness (QED) is 0.323. The van der Waals surface area contributed by atoms with Crippen LogP contribution in [0.3, 0.4) is 0 Å². The minimum Gasteiger partial charge on any atom is -0.488 e. The first-order valence-corrected chi connectivity index (χ1v) is 7.77.